The van der Waals surface area contributed by atoms with E-state index in [1.54, 1.807) is 16.0 Å². The standard InChI is InChI=1S/C16H9ClF3N7OS2/c17-13-11(30-15-23-24-25-26(15)8-10-2-1-5-29-10)7-22-27(14(13)28)12-4-3-9(6-21-12)16(18,19)20/h1-7H,8H2. The summed E-state index contributed by atoms with van der Waals surface area (Å²) < 4.78 is 40.4. The molecule has 0 spiro atoms. The first-order valence-electron chi connectivity index (χ1n) is 8.11. The van der Waals surface area contributed by atoms with Crippen LogP contribution in [0.4, 0.5) is 13.2 Å². The number of hydrogen-bond acceptors (Lipinski definition) is 8. The van der Waals surface area contributed by atoms with Gasteiger partial charge in [-0.05, 0) is 45.8 Å². The van der Waals surface area contributed by atoms with Gasteiger partial charge < -0.3 is 0 Å². The van der Waals surface area contributed by atoms with Gasteiger partial charge in [-0.1, -0.05) is 17.7 Å². The van der Waals surface area contributed by atoms with Gasteiger partial charge in [0.25, 0.3) is 5.56 Å². The zero-order valence-corrected chi connectivity index (χ0v) is 17.0. The van der Waals surface area contributed by atoms with Crippen molar-refractivity contribution in [3.8, 4) is 5.82 Å². The van der Waals surface area contributed by atoms with Crippen LogP contribution in [0.2, 0.25) is 5.02 Å². The fourth-order valence-corrected chi connectivity index (χ4v) is 4.04. The maximum Gasteiger partial charge on any atom is 0.417 e. The Morgan fingerprint density at radius 2 is 2.03 bits per heavy atom. The molecule has 8 nitrogen and oxygen atoms in total. The van der Waals surface area contributed by atoms with Gasteiger partial charge in [-0.2, -0.15) is 23.0 Å². The van der Waals surface area contributed by atoms with Gasteiger partial charge >= 0.3 is 6.18 Å². The minimum Gasteiger partial charge on any atom is -0.266 e. The fraction of sp³-hybridized carbons (Fsp3) is 0.125. The summed E-state index contributed by atoms with van der Waals surface area (Å²) in [5, 5.41) is 17.6. The predicted molar refractivity (Wildman–Crippen MR) is 103 cm³/mol. The third-order valence-electron chi connectivity index (χ3n) is 3.77. The minimum atomic E-state index is -4.53. The Morgan fingerprint density at radius 3 is 2.70 bits per heavy atom. The predicted octanol–water partition coefficient (Wildman–Crippen LogP) is 3.55. The van der Waals surface area contributed by atoms with Gasteiger partial charge in [0.05, 0.1) is 23.2 Å². The lowest BCUT2D eigenvalue weighted by Gasteiger charge is -2.09. The van der Waals surface area contributed by atoms with E-state index in [1.165, 1.54) is 6.20 Å². The summed E-state index contributed by atoms with van der Waals surface area (Å²) in [7, 11) is 0. The first kappa shape index (κ1) is 20.5. The molecule has 0 aliphatic heterocycles. The van der Waals surface area contributed by atoms with E-state index < -0.39 is 17.3 Å². The normalized spacial score (nSPS) is 11.7. The van der Waals surface area contributed by atoms with E-state index in [1.807, 2.05) is 17.5 Å². The van der Waals surface area contributed by atoms with Crippen molar-refractivity contribution >= 4 is 34.7 Å². The van der Waals surface area contributed by atoms with Gasteiger partial charge in [-0.25, -0.2) is 9.67 Å². The number of aromatic nitrogens is 7. The fourth-order valence-electron chi connectivity index (χ4n) is 2.35. The Hall–Kier alpha value is -2.77. The zero-order chi connectivity index (χ0) is 21.3. The summed E-state index contributed by atoms with van der Waals surface area (Å²) in [5.74, 6) is -0.0889. The second-order valence-corrected chi connectivity index (χ2v) is 8.16. The van der Waals surface area contributed by atoms with Crippen LogP contribution in [-0.2, 0) is 12.7 Å². The van der Waals surface area contributed by atoms with Crippen molar-refractivity contribution in [3.63, 3.8) is 0 Å². The number of rotatable bonds is 5. The Kier molecular flexibility index (Phi) is 5.58. The summed E-state index contributed by atoms with van der Waals surface area (Å²) in [6.45, 7) is 0.449. The van der Waals surface area contributed by atoms with Crippen LogP contribution in [0, 0.1) is 0 Å². The number of pyridine rings is 1. The molecule has 0 saturated carbocycles. The SMILES string of the molecule is O=c1c(Cl)c(Sc2nnnn2Cc2cccs2)cnn1-c1ccc(C(F)(F)F)cn1. The molecule has 4 rings (SSSR count). The molecule has 0 amide bonds. The van der Waals surface area contributed by atoms with Crippen molar-refractivity contribution in [3.05, 3.63) is 67.9 Å². The second-order valence-electron chi connectivity index (χ2n) is 5.74. The Morgan fingerprint density at radius 1 is 1.20 bits per heavy atom. The molecule has 4 aromatic rings. The Labute approximate surface area is 179 Å². The molecule has 0 unspecified atom stereocenters. The van der Waals surface area contributed by atoms with Gasteiger partial charge in [0.15, 0.2) is 5.82 Å². The topological polar surface area (TPSA) is 91.4 Å². The molecule has 14 heteroatoms. The molecule has 154 valence electrons. The third-order valence-corrected chi connectivity index (χ3v) is 6.11. The van der Waals surface area contributed by atoms with Crippen LogP contribution < -0.4 is 5.56 Å². The van der Waals surface area contributed by atoms with Crippen molar-refractivity contribution in [1.29, 1.82) is 0 Å². The zero-order valence-electron chi connectivity index (χ0n) is 14.6. The molecule has 0 aliphatic rings. The van der Waals surface area contributed by atoms with E-state index in [0.29, 0.717) is 22.8 Å². The Bertz CT molecular complexity index is 1220. The van der Waals surface area contributed by atoms with Crippen molar-refractivity contribution in [2.45, 2.75) is 22.8 Å². The average molecular weight is 472 g/mol. The second kappa shape index (κ2) is 8.16. The molecule has 4 aromatic heterocycles. The molecule has 0 aromatic carbocycles. The van der Waals surface area contributed by atoms with Gasteiger partial charge in [0.2, 0.25) is 5.16 Å². The number of hydrogen-bond donors (Lipinski definition) is 0. The first-order valence-corrected chi connectivity index (χ1v) is 10.2. The number of nitrogens with zero attached hydrogens (tertiary/aromatic N) is 7. The smallest absolute Gasteiger partial charge is 0.266 e. The molecular formula is C16H9ClF3N7OS2. The molecule has 0 N–H and O–H groups in total. The summed E-state index contributed by atoms with van der Waals surface area (Å²) >= 11 is 8.78. The van der Waals surface area contributed by atoms with E-state index in [2.05, 4.69) is 25.6 Å². The lowest BCUT2D eigenvalue weighted by molar-refractivity contribution is -0.137. The number of thiophene rings is 1. The lowest BCUT2D eigenvalue weighted by atomic mass is 10.3. The lowest BCUT2D eigenvalue weighted by Crippen LogP contribution is -2.23. The molecule has 0 fully saturated rings. The summed E-state index contributed by atoms with van der Waals surface area (Å²) in [6.07, 6.45) is -2.61. The highest BCUT2D eigenvalue weighted by atomic mass is 35.5. The minimum absolute atomic E-state index is 0.0889. The maximum atomic E-state index is 12.7. The van der Waals surface area contributed by atoms with Crippen LogP contribution in [-0.4, -0.2) is 35.0 Å². The first-order chi connectivity index (χ1) is 14.3. The number of halogens is 4. The van der Waals surface area contributed by atoms with Crippen LogP contribution in [0.1, 0.15) is 10.4 Å². The highest BCUT2D eigenvalue weighted by Crippen LogP contribution is 2.30. The van der Waals surface area contributed by atoms with Crippen LogP contribution in [0.3, 0.4) is 0 Å². The maximum absolute atomic E-state index is 12.7. The van der Waals surface area contributed by atoms with E-state index in [0.717, 1.165) is 33.5 Å². The van der Waals surface area contributed by atoms with Crippen molar-refractivity contribution in [2.24, 2.45) is 0 Å². The van der Waals surface area contributed by atoms with Crippen LogP contribution in [0.25, 0.3) is 5.82 Å². The van der Waals surface area contributed by atoms with E-state index in [-0.39, 0.29) is 10.8 Å². The molecular weight excluding hydrogens is 463 g/mol. The summed E-state index contributed by atoms with van der Waals surface area (Å²) in [4.78, 5) is 17.6. The molecule has 0 radical (unpaired) electrons. The van der Waals surface area contributed by atoms with Gasteiger partial charge in [-0.15, -0.1) is 16.4 Å². The molecule has 0 bridgehead atoms. The van der Waals surface area contributed by atoms with Crippen molar-refractivity contribution in [1.82, 2.24) is 35.0 Å². The largest absolute Gasteiger partial charge is 0.417 e. The van der Waals surface area contributed by atoms with E-state index >= 15 is 0 Å². The van der Waals surface area contributed by atoms with Crippen LogP contribution in [0.5, 0.6) is 0 Å². The molecule has 0 saturated heterocycles. The van der Waals surface area contributed by atoms with Crippen molar-refractivity contribution in [2.75, 3.05) is 0 Å². The summed E-state index contributed by atoms with van der Waals surface area (Å²) in [5.41, 5.74) is -1.67. The molecule has 4 heterocycles. The summed E-state index contributed by atoms with van der Waals surface area (Å²) in [6, 6.07) is 5.70. The third kappa shape index (κ3) is 4.22. The van der Waals surface area contributed by atoms with E-state index in [9.17, 15) is 18.0 Å². The van der Waals surface area contributed by atoms with Gasteiger partial charge in [0.1, 0.15) is 5.02 Å². The Balaban J connectivity index is 1.60. The molecule has 0 atom stereocenters. The molecule has 0 aliphatic carbocycles. The average Bonchev–Trinajstić information content (AvgIpc) is 3.38. The van der Waals surface area contributed by atoms with Gasteiger partial charge in [-0.3, -0.25) is 4.79 Å². The van der Waals surface area contributed by atoms with E-state index in [4.69, 9.17) is 11.6 Å². The highest BCUT2D eigenvalue weighted by molar-refractivity contribution is 7.99. The van der Waals surface area contributed by atoms with Crippen LogP contribution in [0.15, 0.2) is 56.9 Å². The number of alkyl halides is 3. The van der Waals surface area contributed by atoms with Gasteiger partial charge in [0, 0.05) is 11.1 Å². The highest BCUT2D eigenvalue weighted by Gasteiger charge is 2.30. The van der Waals surface area contributed by atoms with Crippen LogP contribution >= 0.6 is 34.7 Å². The van der Waals surface area contributed by atoms with Crippen molar-refractivity contribution < 1.29 is 13.2 Å². The molecule has 30 heavy (non-hydrogen) atoms. The quantitative estimate of drug-likeness (QED) is 0.439. The number of tetrazole rings is 1. The monoisotopic (exact) mass is 471 g/mol.